The van der Waals surface area contributed by atoms with Crippen LogP contribution in [0.15, 0.2) is 71.6 Å². The van der Waals surface area contributed by atoms with Crippen molar-refractivity contribution in [1.82, 2.24) is 4.31 Å². The first-order chi connectivity index (χ1) is 15.7. The topological polar surface area (TPSA) is 69.7 Å². The molecule has 6 nitrogen and oxygen atoms in total. The van der Waals surface area contributed by atoms with Gasteiger partial charge in [-0.3, -0.25) is 4.79 Å². The molecule has 0 radical (unpaired) electrons. The molecule has 4 rings (SSSR count). The van der Waals surface area contributed by atoms with Crippen LogP contribution in [0, 0.1) is 13.8 Å². The van der Waals surface area contributed by atoms with Crippen molar-refractivity contribution in [3.8, 4) is 0 Å². The number of benzene rings is 3. The average molecular weight is 484 g/mol. The predicted molar refractivity (Wildman–Crippen MR) is 133 cm³/mol. The lowest BCUT2D eigenvalue weighted by atomic mass is 10.1. The Bertz CT molecular complexity index is 1250. The average Bonchev–Trinajstić information content (AvgIpc) is 2.79. The van der Waals surface area contributed by atoms with Crippen LogP contribution in [0.5, 0.6) is 0 Å². The van der Waals surface area contributed by atoms with Gasteiger partial charge < -0.3 is 10.2 Å². The van der Waals surface area contributed by atoms with E-state index in [1.807, 2.05) is 62.4 Å². The van der Waals surface area contributed by atoms with Crippen molar-refractivity contribution in [3.63, 3.8) is 0 Å². The van der Waals surface area contributed by atoms with Crippen molar-refractivity contribution in [2.45, 2.75) is 18.7 Å². The molecule has 0 unspecified atom stereocenters. The van der Waals surface area contributed by atoms with Crippen LogP contribution in [0.25, 0.3) is 0 Å². The fraction of sp³-hybridized carbons (Fsp3) is 0.240. The second kappa shape index (κ2) is 9.55. The zero-order chi connectivity index (χ0) is 23.6. The van der Waals surface area contributed by atoms with E-state index in [2.05, 4.69) is 10.2 Å². The highest BCUT2D eigenvalue weighted by Crippen LogP contribution is 2.26. The summed E-state index contributed by atoms with van der Waals surface area (Å²) in [5.74, 6) is -0.448. The summed E-state index contributed by atoms with van der Waals surface area (Å²) in [6.07, 6.45) is 0. The molecule has 0 saturated carbocycles. The molecule has 1 fully saturated rings. The minimum atomic E-state index is -3.76. The largest absolute Gasteiger partial charge is 0.369 e. The molecule has 1 N–H and O–H groups in total. The third kappa shape index (κ3) is 5.21. The van der Waals surface area contributed by atoms with Crippen LogP contribution in [0.3, 0.4) is 0 Å². The maximum absolute atomic E-state index is 13.3. The molecular weight excluding hydrogens is 458 g/mol. The summed E-state index contributed by atoms with van der Waals surface area (Å²) in [5.41, 5.74) is 3.87. The number of hydrogen-bond acceptors (Lipinski definition) is 4. The van der Waals surface area contributed by atoms with Gasteiger partial charge in [-0.1, -0.05) is 35.9 Å². The predicted octanol–water partition coefficient (Wildman–Crippen LogP) is 4.72. The number of carbonyl (C=O) groups excluding carboxylic acids is 1. The van der Waals surface area contributed by atoms with E-state index in [-0.39, 0.29) is 15.5 Å². The highest BCUT2D eigenvalue weighted by molar-refractivity contribution is 7.89. The van der Waals surface area contributed by atoms with Gasteiger partial charge in [0.05, 0.1) is 15.5 Å². The summed E-state index contributed by atoms with van der Waals surface area (Å²) in [7, 11) is -3.76. The Morgan fingerprint density at radius 3 is 2.15 bits per heavy atom. The van der Waals surface area contributed by atoms with Crippen LogP contribution in [0.4, 0.5) is 11.4 Å². The number of carbonyl (C=O) groups is 1. The summed E-state index contributed by atoms with van der Waals surface area (Å²) in [6, 6.07) is 19.9. The number of anilines is 2. The van der Waals surface area contributed by atoms with Crippen LogP contribution in [0.2, 0.25) is 5.02 Å². The molecule has 0 aromatic heterocycles. The lowest BCUT2D eigenvalue weighted by Crippen LogP contribution is -2.48. The van der Waals surface area contributed by atoms with E-state index >= 15 is 0 Å². The molecule has 1 saturated heterocycles. The van der Waals surface area contributed by atoms with Gasteiger partial charge in [0.1, 0.15) is 0 Å². The first kappa shape index (κ1) is 23.3. The van der Waals surface area contributed by atoms with Crippen molar-refractivity contribution in [2.75, 3.05) is 36.4 Å². The minimum absolute atomic E-state index is 0.0608. The molecule has 0 spiro atoms. The van der Waals surface area contributed by atoms with E-state index < -0.39 is 15.9 Å². The van der Waals surface area contributed by atoms with Crippen molar-refractivity contribution in [2.24, 2.45) is 0 Å². The van der Waals surface area contributed by atoms with Gasteiger partial charge in [-0.05, 0) is 67.4 Å². The van der Waals surface area contributed by atoms with E-state index in [9.17, 15) is 13.2 Å². The first-order valence-corrected chi connectivity index (χ1v) is 12.6. The van der Waals surface area contributed by atoms with Gasteiger partial charge in [0, 0.05) is 37.6 Å². The number of sulfonamides is 1. The standard InChI is InChI=1S/C25H26ClN3O3S/c1-18-14-19(2)16-20(15-18)27-25(30)23-17-22(8-9-24(23)26)33(31,32)29-12-10-28(11-13-29)21-6-4-3-5-7-21/h3-9,14-17H,10-13H2,1-2H3,(H,27,30). The number of para-hydroxylation sites is 1. The highest BCUT2D eigenvalue weighted by Gasteiger charge is 2.29. The monoisotopic (exact) mass is 483 g/mol. The highest BCUT2D eigenvalue weighted by atomic mass is 35.5. The summed E-state index contributed by atoms with van der Waals surface area (Å²) < 4.78 is 28.1. The number of aryl methyl sites for hydroxylation is 2. The molecule has 172 valence electrons. The molecule has 0 aliphatic carbocycles. The first-order valence-electron chi connectivity index (χ1n) is 10.7. The number of halogens is 1. The number of nitrogens with zero attached hydrogens (tertiary/aromatic N) is 2. The zero-order valence-electron chi connectivity index (χ0n) is 18.6. The van der Waals surface area contributed by atoms with Gasteiger partial charge >= 0.3 is 0 Å². The molecule has 1 heterocycles. The van der Waals surface area contributed by atoms with Gasteiger partial charge in [-0.25, -0.2) is 8.42 Å². The van der Waals surface area contributed by atoms with E-state index in [4.69, 9.17) is 11.6 Å². The van der Waals surface area contributed by atoms with Gasteiger partial charge in [-0.2, -0.15) is 4.31 Å². The lowest BCUT2D eigenvalue weighted by Gasteiger charge is -2.35. The SMILES string of the molecule is Cc1cc(C)cc(NC(=O)c2cc(S(=O)(=O)N3CCN(c4ccccc4)CC3)ccc2Cl)c1. The molecule has 0 atom stereocenters. The molecule has 1 aliphatic heterocycles. The van der Waals surface area contributed by atoms with Crippen LogP contribution < -0.4 is 10.2 Å². The Balaban J connectivity index is 1.52. The smallest absolute Gasteiger partial charge is 0.257 e. The Labute approximate surface area is 199 Å². The fourth-order valence-corrected chi connectivity index (χ4v) is 5.71. The van der Waals surface area contributed by atoms with Gasteiger partial charge in [-0.15, -0.1) is 0 Å². The van der Waals surface area contributed by atoms with Crippen LogP contribution in [-0.2, 0) is 10.0 Å². The molecular formula is C25H26ClN3O3S. The van der Waals surface area contributed by atoms with Crippen molar-refractivity contribution < 1.29 is 13.2 Å². The Kier molecular flexibility index (Phi) is 6.74. The van der Waals surface area contributed by atoms with Crippen molar-refractivity contribution in [1.29, 1.82) is 0 Å². The minimum Gasteiger partial charge on any atom is -0.369 e. The van der Waals surface area contributed by atoms with Crippen LogP contribution in [0.1, 0.15) is 21.5 Å². The molecule has 33 heavy (non-hydrogen) atoms. The van der Waals surface area contributed by atoms with E-state index in [1.165, 1.54) is 22.5 Å². The second-order valence-electron chi connectivity index (χ2n) is 8.20. The van der Waals surface area contributed by atoms with Crippen molar-refractivity contribution >= 4 is 38.9 Å². The number of rotatable bonds is 5. The second-order valence-corrected chi connectivity index (χ2v) is 10.5. The maximum atomic E-state index is 13.3. The van der Waals surface area contributed by atoms with Crippen LogP contribution in [-0.4, -0.2) is 44.8 Å². The number of amides is 1. The van der Waals surface area contributed by atoms with Crippen molar-refractivity contribution in [3.05, 3.63) is 88.4 Å². The molecule has 1 aliphatic rings. The van der Waals surface area contributed by atoms with E-state index in [0.29, 0.717) is 31.9 Å². The Morgan fingerprint density at radius 1 is 0.879 bits per heavy atom. The fourth-order valence-electron chi connectivity index (χ4n) is 4.06. The maximum Gasteiger partial charge on any atom is 0.257 e. The summed E-state index contributed by atoms with van der Waals surface area (Å²) in [6.45, 7) is 5.81. The number of nitrogens with one attached hydrogen (secondary N) is 1. The van der Waals surface area contributed by atoms with Gasteiger partial charge in [0.2, 0.25) is 10.0 Å². The van der Waals surface area contributed by atoms with Crippen LogP contribution >= 0.6 is 11.6 Å². The molecule has 0 bridgehead atoms. The third-order valence-corrected chi connectivity index (χ3v) is 7.88. The van der Waals surface area contributed by atoms with Gasteiger partial charge in [0.15, 0.2) is 0 Å². The quantitative estimate of drug-likeness (QED) is 0.570. The normalized spacial score (nSPS) is 14.8. The molecule has 3 aromatic carbocycles. The third-order valence-electron chi connectivity index (χ3n) is 5.66. The molecule has 1 amide bonds. The lowest BCUT2D eigenvalue weighted by molar-refractivity contribution is 0.102. The Morgan fingerprint density at radius 2 is 1.52 bits per heavy atom. The number of hydrogen-bond donors (Lipinski definition) is 1. The number of piperazine rings is 1. The van der Waals surface area contributed by atoms with E-state index in [0.717, 1.165) is 16.8 Å². The summed E-state index contributed by atoms with van der Waals surface area (Å²) in [4.78, 5) is 15.1. The summed E-state index contributed by atoms with van der Waals surface area (Å²) in [5, 5.41) is 3.02. The van der Waals surface area contributed by atoms with E-state index in [1.54, 1.807) is 0 Å². The zero-order valence-corrected chi connectivity index (χ0v) is 20.2. The Hall–Kier alpha value is -2.87. The molecule has 8 heteroatoms. The molecule has 3 aromatic rings. The summed E-state index contributed by atoms with van der Waals surface area (Å²) >= 11 is 6.27. The van der Waals surface area contributed by atoms with Gasteiger partial charge in [0.25, 0.3) is 5.91 Å².